The molecule has 0 aliphatic heterocycles. The first-order valence-electron chi connectivity index (χ1n) is 9.05. The molecule has 1 N–H and O–H groups in total. The summed E-state index contributed by atoms with van der Waals surface area (Å²) in [5.74, 6) is -0.863. The lowest BCUT2D eigenvalue weighted by Gasteiger charge is -2.18. The lowest BCUT2D eigenvalue weighted by Crippen LogP contribution is -2.33. The fourth-order valence-electron chi connectivity index (χ4n) is 2.91. The van der Waals surface area contributed by atoms with E-state index >= 15 is 0 Å². The number of aryl methyl sites for hydroxylation is 1. The van der Waals surface area contributed by atoms with Crippen molar-refractivity contribution in [3.63, 3.8) is 0 Å². The number of benzene rings is 2. The van der Waals surface area contributed by atoms with Crippen molar-refractivity contribution >= 4 is 22.9 Å². The summed E-state index contributed by atoms with van der Waals surface area (Å²) >= 11 is 0. The van der Waals surface area contributed by atoms with Crippen molar-refractivity contribution in [3.05, 3.63) is 59.7 Å². The number of fused-ring (bicyclic) bond motifs is 1. The molecule has 3 aromatic rings. The smallest absolute Gasteiger partial charge is 0.339 e. The third kappa shape index (κ3) is 3.67. The summed E-state index contributed by atoms with van der Waals surface area (Å²) in [6.07, 6.45) is 0.942. The van der Waals surface area contributed by atoms with Crippen LogP contribution in [0.4, 0.5) is 0 Å². The van der Waals surface area contributed by atoms with E-state index in [0.717, 1.165) is 18.4 Å². The number of carbonyl (C=O) groups excluding carboxylic acids is 2. The van der Waals surface area contributed by atoms with Gasteiger partial charge in [0, 0.05) is 18.2 Å². The van der Waals surface area contributed by atoms with Crippen molar-refractivity contribution in [3.8, 4) is 0 Å². The summed E-state index contributed by atoms with van der Waals surface area (Å²) in [6.45, 7) is 2.66. The number of hydrogen-bond donors (Lipinski definition) is 1. The zero-order valence-electron chi connectivity index (χ0n) is 15.0. The lowest BCUT2D eigenvalue weighted by molar-refractivity contribution is -0.130. The van der Waals surface area contributed by atoms with Crippen LogP contribution in [-0.2, 0) is 16.1 Å². The number of rotatable bonds is 6. The van der Waals surface area contributed by atoms with E-state index in [0.29, 0.717) is 23.2 Å². The Kier molecular flexibility index (Phi) is 4.58. The van der Waals surface area contributed by atoms with E-state index in [9.17, 15) is 9.59 Å². The Balaban J connectivity index is 1.58. The molecule has 1 amide bonds. The van der Waals surface area contributed by atoms with E-state index in [1.54, 1.807) is 35.0 Å². The Bertz CT molecular complexity index is 979. The third-order valence-corrected chi connectivity index (χ3v) is 4.54. The molecule has 0 radical (unpaired) electrons. The van der Waals surface area contributed by atoms with Crippen molar-refractivity contribution in [2.45, 2.75) is 38.5 Å². The number of aromatic nitrogens is 3. The highest BCUT2D eigenvalue weighted by molar-refractivity contribution is 5.95. The maximum Gasteiger partial charge on any atom is 0.339 e. The van der Waals surface area contributed by atoms with Gasteiger partial charge in [-0.1, -0.05) is 35.5 Å². The highest BCUT2D eigenvalue weighted by Crippen LogP contribution is 2.24. The van der Waals surface area contributed by atoms with Crippen LogP contribution in [0.2, 0.25) is 0 Å². The van der Waals surface area contributed by atoms with Crippen LogP contribution in [0.25, 0.3) is 11.0 Å². The number of amides is 1. The van der Waals surface area contributed by atoms with Crippen molar-refractivity contribution in [2.24, 2.45) is 0 Å². The average molecular weight is 364 g/mol. The van der Waals surface area contributed by atoms with Crippen LogP contribution in [0.3, 0.4) is 0 Å². The number of nitrogens with one attached hydrogen (secondary N) is 1. The highest BCUT2D eigenvalue weighted by atomic mass is 16.5. The fraction of sp³-hybridized carbons (Fsp3) is 0.300. The zero-order chi connectivity index (χ0) is 18.8. The monoisotopic (exact) mass is 364 g/mol. The number of carbonyl (C=O) groups is 2. The van der Waals surface area contributed by atoms with Crippen LogP contribution in [0.1, 0.15) is 41.8 Å². The topological polar surface area (TPSA) is 86.1 Å². The molecule has 1 aromatic heterocycles. The Labute approximate surface area is 156 Å². The van der Waals surface area contributed by atoms with E-state index in [2.05, 4.69) is 15.6 Å². The van der Waals surface area contributed by atoms with E-state index in [4.69, 9.17) is 4.74 Å². The van der Waals surface area contributed by atoms with Gasteiger partial charge in [-0.15, -0.1) is 5.10 Å². The van der Waals surface area contributed by atoms with Gasteiger partial charge in [0.15, 0.2) is 0 Å². The molecule has 0 saturated heterocycles. The van der Waals surface area contributed by atoms with Gasteiger partial charge in [-0.2, -0.15) is 0 Å². The minimum absolute atomic E-state index is 0.183. The second kappa shape index (κ2) is 7.19. The van der Waals surface area contributed by atoms with Crippen molar-refractivity contribution in [2.75, 3.05) is 0 Å². The molecular formula is C20H20N4O3. The molecule has 7 heteroatoms. The van der Waals surface area contributed by atoms with Crippen LogP contribution in [0.15, 0.2) is 48.5 Å². The van der Waals surface area contributed by atoms with Crippen LogP contribution in [0, 0.1) is 0 Å². The van der Waals surface area contributed by atoms with E-state index < -0.39 is 12.1 Å². The molecule has 7 nitrogen and oxygen atoms in total. The molecule has 0 unspecified atom stereocenters. The number of esters is 1. The summed E-state index contributed by atoms with van der Waals surface area (Å²) < 4.78 is 7.34. The third-order valence-electron chi connectivity index (χ3n) is 4.54. The Morgan fingerprint density at radius 2 is 2.00 bits per heavy atom. The molecule has 2 aromatic carbocycles. The molecule has 1 saturated carbocycles. The van der Waals surface area contributed by atoms with Crippen molar-refractivity contribution in [1.82, 2.24) is 20.3 Å². The molecule has 1 atom stereocenters. The molecule has 1 fully saturated rings. The van der Waals surface area contributed by atoms with E-state index in [1.807, 2.05) is 25.1 Å². The minimum Gasteiger partial charge on any atom is -0.444 e. The first-order chi connectivity index (χ1) is 13.2. The van der Waals surface area contributed by atoms with E-state index in [-0.39, 0.29) is 11.9 Å². The SMILES string of the molecule is CCn1nnc2cc(C(=O)O[C@H](C(=O)NC3CC3)c3ccccc3)ccc21. The molecule has 4 rings (SSSR count). The first-order valence-corrected chi connectivity index (χ1v) is 9.05. The molecule has 1 aliphatic rings. The summed E-state index contributed by atoms with van der Waals surface area (Å²) in [6, 6.07) is 14.3. The van der Waals surface area contributed by atoms with Gasteiger partial charge in [0.2, 0.25) is 6.10 Å². The van der Waals surface area contributed by atoms with Gasteiger partial charge in [0.05, 0.1) is 11.1 Å². The second-order valence-electron chi connectivity index (χ2n) is 6.59. The quantitative estimate of drug-likeness (QED) is 0.680. The molecule has 27 heavy (non-hydrogen) atoms. The number of hydrogen-bond acceptors (Lipinski definition) is 5. The molecule has 1 aliphatic carbocycles. The van der Waals surface area contributed by atoms with Crippen molar-refractivity contribution in [1.29, 1.82) is 0 Å². The van der Waals surface area contributed by atoms with Gasteiger partial charge < -0.3 is 10.1 Å². The van der Waals surface area contributed by atoms with Gasteiger partial charge in [-0.05, 0) is 38.0 Å². The van der Waals surface area contributed by atoms with Gasteiger partial charge in [0.25, 0.3) is 5.91 Å². The Morgan fingerprint density at radius 1 is 1.22 bits per heavy atom. The van der Waals surface area contributed by atoms with Crippen LogP contribution < -0.4 is 5.32 Å². The van der Waals surface area contributed by atoms with E-state index in [1.165, 1.54) is 0 Å². The fourth-order valence-corrected chi connectivity index (χ4v) is 2.91. The summed E-state index contributed by atoms with van der Waals surface area (Å²) in [7, 11) is 0. The Hall–Kier alpha value is -3.22. The predicted molar refractivity (Wildman–Crippen MR) is 99.0 cm³/mol. The zero-order valence-corrected chi connectivity index (χ0v) is 15.0. The van der Waals surface area contributed by atoms with Crippen LogP contribution >= 0.6 is 0 Å². The number of nitrogens with zero attached hydrogens (tertiary/aromatic N) is 3. The average Bonchev–Trinajstić information content (AvgIpc) is 3.41. The maximum atomic E-state index is 12.7. The van der Waals surface area contributed by atoms with Gasteiger partial charge in [-0.25, -0.2) is 9.48 Å². The molecule has 1 heterocycles. The highest BCUT2D eigenvalue weighted by Gasteiger charge is 2.31. The van der Waals surface area contributed by atoms with Gasteiger partial charge in [-0.3, -0.25) is 4.79 Å². The Morgan fingerprint density at radius 3 is 2.70 bits per heavy atom. The first kappa shape index (κ1) is 17.2. The molecule has 0 bridgehead atoms. The largest absolute Gasteiger partial charge is 0.444 e. The minimum atomic E-state index is -0.985. The van der Waals surface area contributed by atoms with Crippen LogP contribution in [0.5, 0.6) is 0 Å². The summed E-state index contributed by atoms with van der Waals surface area (Å²) in [5.41, 5.74) is 2.44. The maximum absolute atomic E-state index is 12.7. The summed E-state index contributed by atoms with van der Waals surface area (Å²) in [5, 5.41) is 11.0. The lowest BCUT2D eigenvalue weighted by atomic mass is 10.1. The molecule has 138 valence electrons. The van der Waals surface area contributed by atoms with Crippen molar-refractivity contribution < 1.29 is 14.3 Å². The summed E-state index contributed by atoms with van der Waals surface area (Å²) in [4.78, 5) is 25.3. The normalized spacial score (nSPS) is 14.7. The van der Waals surface area contributed by atoms with Crippen LogP contribution in [-0.4, -0.2) is 32.9 Å². The predicted octanol–water partition coefficient (Wildman–Crippen LogP) is 2.63. The van der Waals surface area contributed by atoms with Gasteiger partial charge >= 0.3 is 5.97 Å². The standard InChI is InChI=1S/C20H20N4O3/c1-2-24-17-11-8-14(12-16(17)22-23-24)20(26)27-18(13-6-4-3-5-7-13)19(25)21-15-9-10-15/h3-8,11-12,15,18H,2,9-10H2,1H3,(H,21,25)/t18-/m0/s1. The number of ether oxygens (including phenoxy) is 1. The van der Waals surface area contributed by atoms with Gasteiger partial charge in [0.1, 0.15) is 5.52 Å². The molecular weight excluding hydrogens is 344 g/mol. The molecule has 0 spiro atoms. The second-order valence-corrected chi connectivity index (χ2v) is 6.59.